The number of carbonyl (C=O) groups is 2. The van der Waals surface area contributed by atoms with E-state index < -0.39 is 5.41 Å². The van der Waals surface area contributed by atoms with E-state index in [4.69, 9.17) is 18.9 Å². The third-order valence-corrected chi connectivity index (χ3v) is 9.25. The molecule has 4 unspecified atom stereocenters. The van der Waals surface area contributed by atoms with E-state index in [0.29, 0.717) is 83.4 Å². The zero-order chi connectivity index (χ0) is 34.5. The standard InChI is InChI=1S/C36H64N4O7/c1-34(2,3)24-36(7,25-41)26-46-18-9-8-17-40-31-15-13-28-27(12-14-30(31)38-39-40)29(28)23-47-32(42)11-10-19-44-21-22-45-20-16-37-33(43)35(4,5)6/h27-29,41H,8-26H2,1-7H3,(H,37,43). The predicted octanol–water partition coefficient (Wildman–Crippen LogP) is 4.77. The lowest BCUT2D eigenvalue weighted by atomic mass is 9.76. The second-order valence-corrected chi connectivity index (χ2v) is 16.3. The molecule has 11 nitrogen and oxygen atoms in total. The minimum absolute atomic E-state index is 0.00911. The summed E-state index contributed by atoms with van der Waals surface area (Å²) in [6, 6.07) is 0. The molecule has 0 aliphatic heterocycles. The molecule has 1 saturated carbocycles. The summed E-state index contributed by atoms with van der Waals surface area (Å²) in [6.45, 7) is 19.4. The molecule has 11 heteroatoms. The van der Waals surface area contributed by atoms with Crippen molar-refractivity contribution in [1.82, 2.24) is 20.3 Å². The van der Waals surface area contributed by atoms with Crippen LogP contribution in [0.5, 0.6) is 0 Å². The molecule has 4 atom stereocenters. The van der Waals surface area contributed by atoms with Gasteiger partial charge in [0.1, 0.15) is 0 Å². The Morgan fingerprint density at radius 2 is 1.57 bits per heavy atom. The second kappa shape index (κ2) is 18.6. The van der Waals surface area contributed by atoms with Gasteiger partial charge >= 0.3 is 5.97 Å². The van der Waals surface area contributed by atoms with Crippen LogP contribution in [-0.4, -0.2) is 91.4 Å². The molecule has 3 rings (SSSR count). The summed E-state index contributed by atoms with van der Waals surface area (Å²) >= 11 is 0. The van der Waals surface area contributed by atoms with Crippen LogP contribution >= 0.6 is 0 Å². The fourth-order valence-electron chi connectivity index (χ4n) is 6.87. The van der Waals surface area contributed by atoms with E-state index in [1.165, 1.54) is 5.69 Å². The van der Waals surface area contributed by atoms with Crippen molar-refractivity contribution in [2.45, 2.75) is 113 Å². The molecule has 1 fully saturated rings. The van der Waals surface area contributed by atoms with E-state index in [0.717, 1.165) is 57.2 Å². The summed E-state index contributed by atoms with van der Waals surface area (Å²) in [5.41, 5.74) is 1.93. The number of amides is 1. The second-order valence-electron chi connectivity index (χ2n) is 16.3. The number of carbonyl (C=O) groups excluding carboxylic acids is 2. The molecule has 1 aromatic rings. The van der Waals surface area contributed by atoms with Gasteiger partial charge in [0, 0.05) is 43.6 Å². The van der Waals surface area contributed by atoms with Crippen LogP contribution in [0.1, 0.15) is 105 Å². The SMILES string of the molecule is CC(C)(C)CC(C)(CO)COCCCCn1nnc2c1CCC1C(CC2)C1COC(=O)CCCOCCOCCNC(=O)C(C)(C)C. The number of rotatable bonds is 21. The molecule has 2 N–H and O–H groups in total. The Labute approximate surface area is 283 Å². The third-order valence-electron chi connectivity index (χ3n) is 9.25. The first-order valence-corrected chi connectivity index (χ1v) is 17.9. The zero-order valence-electron chi connectivity index (χ0n) is 30.4. The Kier molecular flexibility index (Phi) is 15.6. The average Bonchev–Trinajstić information content (AvgIpc) is 3.50. The van der Waals surface area contributed by atoms with Crippen LogP contribution in [0, 0.1) is 34.0 Å². The fourth-order valence-corrected chi connectivity index (χ4v) is 6.87. The summed E-state index contributed by atoms with van der Waals surface area (Å²) in [4.78, 5) is 24.1. The Balaban J connectivity index is 1.22. The Bertz CT molecular complexity index is 1100. The number of nitrogens with one attached hydrogen (secondary N) is 1. The number of ether oxygens (including phenoxy) is 4. The molecule has 2 aliphatic carbocycles. The molecule has 270 valence electrons. The summed E-state index contributed by atoms with van der Waals surface area (Å²) in [5.74, 6) is 1.51. The van der Waals surface area contributed by atoms with E-state index in [9.17, 15) is 14.7 Å². The Morgan fingerprint density at radius 1 is 0.894 bits per heavy atom. The zero-order valence-corrected chi connectivity index (χ0v) is 30.4. The van der Waals surface area contributed by atoms with Gasteiger partial charge < -0.3 is 29.4 Å². The van der Waals surface area contributed by atoms with Gasteiger partial charge in [-0.2, -0.15) is 0 Å². The van der Waals surface area contributed by atoms with Crippen molar-refractivity contribution >= 4 is 11.9 Å². The topological polar surface area (TPSA) is 134 Å². The molecular formula is C36H64N4O7. The van der Waals surface area contributed by atoms with Crippen LogP contribution in [0.4, 0.5) is 0 Å². The highest BCUT2D eigenvalue weighted by molar-refractivity contribution is 5.81. The molecule has 1 aromatic heterocycles. The van der Waals surface area contributed by atoms with Crippen LogP contribution in [0.25, 0.3) is 0 Å². The number of hydrogen-bond acceptors (Lipinski definition) is 9. The highest BCUT2D eigenvalue weighted by atomic mass is 16.5. The lowest BCUT2D eigenvalue weighted by Crippen LogP contribution is -2.36. The first-order valence-electron chi connectivity index (χ1n) is 17.9. The summed E-state index contributed by atoms with van der Waals surface area (Å²) in [5, 5.41) is 21.7. The molecule has 47 heavy (non-hydrogen) atoms. The average molecular weight is 665 g/mol. The highest BCUT2D eigenvalue weighted by Gasteiger charge is 2.50. The van der Waals surface area contributed by atoms with E-state index in [1.54, 1.807) is 0 Å². The van der Waals surface area contributed by atoms with Crippen molar-refractivity contribution in [1.29, 1.82) is 0 Å². The number of aryl methyl sites for hydroxylation is 2. The van der Waals surface area contributed by atoms with Gasteiger partial charge in [-0.25, -0.2) is 4.68 Å². The van der Waals surface area contributed by atoms with Crippen molar-refractivity contribution < 1.29 is 33.6 Å². The number of fused-ring (bicyclic) bond motifs is 2. The van der Waals surface area contributed by atoms with E-state index in [2.05, 4.69) is 48.0 Å². The smallest absolute Gasteiger partial charge is 0.305 e. The maximum absolute atomic E-state index is 12.3. The third kappa shape index (κ3) is 14.1. The minimum atomic E-state index is -0.400. The summed E-state index contributed by atoms with van der Waals surface area (Å²) < 4.78 is 24.8. The van der Waals surface area contributed by atoms with Crippen LogP contribution in [0.3, 0.4) is 0 Å². The van der Waals surface area contributed by atoms with Crippen molar-refractivity contribution in [3.63, 3.8) is 0 Å². The number of unbranched alkanes of at least 4 members (excludes halogenated alkanes) is 1. The van der Waals surface area contributed by atoms with Gasteiger partial charge in [0.25, 0.3) is 0 Å². The molecule has 1 heterocycles. The first-order chi connectivity index (χ1) is 22.2. The lowest BCUT2D eigenvalue weighted by molar-refractivity contribution is -0.144. The molecule has 2 aliphatic rings. The maximum atomic E-state index is 12.3. The van der Waals surface area contributed by atoms with Crippen LogP contribution in [0.15, 0.2) is 0 Å². The van der Waals surface area contributed by atoms with Crippen LogP contribution in [0.2, 0.25) is 0 Å². The van der Waals surface area contributed by atoms with Crippen molar-refractivity contribution in [3.05, 3.63) is 11.4 Å². The van der Waals surface area contributed by atoms with Gasteiger partial charge in [-0.3, -0.25) is 9.59 Å². The largest absolute Gasteiger partial charge is 0.465 e. The van der Waals surface area contributed by atoms with Gasteiger partial charge in [0.05, 0.1) is 51.0 Å². The Hall–Kier alpha value is -2.08. The number of aliphatic hydroxyl groups excluding tert-OH is 1. The molecule has 1 amide bonds. The van der Waals surface area contributed by atoms with Gasteiger partial charge in [0.2, 0.25) is 5.91 Å². The number of nitrogens with zero attached hydrogens (tertiary/aromatic N) is 3. The molecule has 0 saturated heterocycles. The number of esters is 1. The number of aliphatic hydroxyl groups is 1. The maximum Gasteiger partial charge on any atom is 0.305 e. The van der Waals surface area contributed by atoms with Crippen molar-refractivity contribution in [2.24, 2.45) is 34.0 Å². The molecule has 0 bridgehead atoms. The fraction of sp³-hybridized carbons (Fsp3) is 0.889. The minimum Gasteiger partial charge on any atom is -0.465 e. The molecule has 0 aromatic carbocycles. The molecule has 0 spiro atoms. The van der Waals surface area contributed by atoms with Gasteiger partial charge in [-0.05, 0) is 74.5 Å². The summed E-state index contributed by atoms with van der Waals surface area (Å²) in [7, 11) is 0. The van der Waals surface area contributed by atoms with Gasteiger partial charge in [0.15, 0.2) is 0 Å². The van der Waals surface area contributed by atoms with Gasteiger partial charge in [-0.15, -0.1) is 5.10 Å². The first kappa shape index (κ1) is 39.4. The highest BCUT2D eigenvalue weighted by Crippen LogP contribution is 2.53. The van der Waals surface area contributed by atoms with Gasteiger partial charge in [-0.1, -0.05) is 53.7 Å². The lowest BCUT2D eigenvalue weighted by Gasteiger charge is -2.33. The number of hydrogen-bond donors (Lipinski definition) is 2. The molecule has 0 radical (unpaired) electrons. The normalized spacial score (nSPS) is 20.8. The van der Waals surface area contributed by atoms with Crippen LogP contribution < -0.4 is 5.32 Å². The van der Waals surface area contributed by atoms with Crippen LogP contribution in [-0.2, 0) is 47.9 Å². The quantitative estimate of drug-likeness (QED) is 0.141. The summed E-state index contributed by atoms with van der Waals surface area (Å²) in [6.07, 6.45) is 7.89. The predicted molar refractivity (Wildman–Crippen MR) is 181 cm³/mol. The Morgan fingerprint density at radius 3 is 2.26 bits per heavy atom. The molecular weight excluding hydrogens is 600 g/mol. The van der Waals surface area contributed by atoms with Crippen molar-refractivity contribution in [3.8, 4) is 0 Å². The van der Waals surface area contributed by atoms with E-state index in [1.807, 2.05) is 20.8 Å². The number of aromatic nitrogens is 3. The van der Waals surface area contributed by atoms with E-state index >= 15 is 0 Å². The van der Waals surface area contributed by atoms with E-state index in [-0.39, 0.29) is 29.3 Å². The van der Waals surface area contributed by atoms with Crippen molar-refractivity contribution in [2.75, 3.05) is 59.4 Å². The monoisotopic (exact) mass is 664 g/mol.